The Labute approximate surface area is 163 Å². The van der Waals surface area contributed by atoms with Gasteiger partial charge in [0, 0.05) is 32.7 Å². The number of amides is 1. The van der Waals surface area contributed by atoms with Crippen molar-refractivity contribution in [1.82, 2.24) is 14.7 Å². The lowest BCUT2D eigenvalue weighted by Gasteiger charge is -2.28. The molecule has 0 unspecified atom stereocenters. The van der Waals surface area contributed by atoms with Crippen molar-refractivity contribution >= 4 is 5.91 Å². The smallest absolute Gasteiger partial charge is 0.236 e. The minimum absolute atomic E-state index is 0.317. The van der Waals surface area contributed by atoms with Gasteiger partial charge >= 0.3 is 0 Å². The maximum Gasteiger partial charge on any atom is 0.236 e. The van der Waals surface area contributed by atoms with Gasteiger partial charge in [-0.3, -0.25) is 14.6 Å². The Balaban J connectivity index is 1.45. The van der Waals surface area contributed by atoms with Crippen LogP contribution in [0.1, 0.15) is 49.7 Å². The van der Waals surface area contributed by atoms with E-state index >= 15 is 0 Å². The van der Waals surface area contributed by atoms with E-state index in [0.29, 0.717) is 18.0 Å². The molecule has 1 aromatic carbocycles. The number of benzene rings is 1. The lowest BCUT2D eigenvalue weighted by atomic mass is 10.1. The highest BCUT2D eigenvalue weighted by molar-refractivity contribution is 5.78. The van der Waals surface area contributed by atoms with Crippen molar-refractivity contribution in [2.75, 3.05) is 45.8 Å². The second-order valence-corrected chi connectivity index (χ2v) is 7.86. The standard InChI is InChI=1S/C22H32N4O/c23-17-20-7-9-21(10-8-20)18-24-11-6-12-25(16-15-24)19-22(27)26-13-4-2-1-3-5-14-26/h7-10H,1-6,11-16,18-19H2. The number of carbonyl (C=O) groups excluding carboxylic acids is 1. The molecule has 1 amide bonds. The average molecular weight is 369 g/mol. The Kier molecular flexibility index (Phi) is 7.67. The molecule has 27 heavy (non-hydrogen) atoms. The van der Waals surface area contributed by atoms with Crippen molar-refractivity contribution in [2.45, 2.75) is 45.1 Å². The summed E-state index contributed by atoms with van der Waals surface area (Å²) in [5, 5.41) is 8.91. The van der Waals surface area contributed by atoms with Crippen LogP contribution < -0.4 is 0 Å². The number of likely N-dealkylation sites (tertiary alicyclic amines) is 1. The van der Waals surface area contributed by atoms with Gasteiger partial charge < -0.3 is 4.90 Å². The lowest BCUT2D eigenvalue weighted by Crippen LogP contribution is -2.42. The molecule has 0 N–H and O–H groups in total. The summed E-state index contributed by atoms with van der Waals surface area (Å²) in [5.74, 6) is 0.317. The zero-order chi connectivity index (χ0) is 18.9. The van der Waals surface area contributed by atoms with Gasteiger partial charge in [0.15, 0.2) is 0 Å². The van der Waals surface area contributed by atoms with Gasteiger partial charge in [-0.25, -0.2) is 0 Å². The summed E-state index contributed by atoms with van der Waals surface area (Å²) in [6.45, 7) is 7.39. The first-order chi connectivity index (χ1) is 13.2. The molecular weight excluding hydrogens is 336 g/mol. The van der Waals surface area contributed by atoms with Crippen molar-refractivity contribution in [3.05, 3.63) is 35.4 Å². The number of nitriles is 1. The molecule has 2 aliphatic heterocycles. The SMILES string of the molecule is N#Cc1ccc(CN2CCCN(CC(=O)N3CCCCCCC3)CC2)cc1. The molecule has 2 aliphatic rings. The first-order valence-corrected chi connectivity index (χ1v) is 10.5. The Morgan fingerprint density at radius 3 is 2.15 bits per heavy atom. The van der Waals surface area contributed by atoms with Crippen LogP contribution in [-0.4, -0.2) is 66.4 Å². The monoisotopic (exact) mass is 368 g/mol. The lowest BCUT2D eigenvalue weighted by molar-refractivity contribution is -0.132. The molecule has 2 fully saturated rings. The van der Waals surface area contributed by atoms with Crippen molar-refractivity contribution in [3.63, 3.8) is 0 Å². The number of hydrogen-bond donors (Lipinski definition) is 0. The third-order valence-electron chi connectivity index (χ3n) is 5.74. The highest BCUT2D eigenvalue weighted by atomic mass is 16.2. The first kappa shape index (κ1) is 19.9. The van der Waals surface area contributed by atoms with Crippen molar-refractivity contribution in [1.29, 1.82) is 5.26 Å². The predicted molar refractivity (Wildman–Crippen MR) is 107 cm³/mol. The molecule has 0 aliphatic carbocycles. The fourth-order valence-electron chi connectivity index (χ4n) is 4.07. The fraction of sp³-hybridized carbons (Fsp3) is 0.636. The van der Waals surface area contributed by atoms with Crippen LogP contribution in [0, 0.1) is 11.3 Å². The second-order valence-electron chi connectivity index (χ2n) is 7.86. The van der Waals surface area contributed by atoms with Gasteiger partial charge in [-0.2, -0.15) is 5.26 Å². The minimum Gasteiger partial charge on any atom is -0.342 e. The van der Waals surface area contributed by atoms with E-state index in [4.69, 9.17) is 5.26 Å². The summed E-state index contributed by atoms with van der Waals surface area (Å²) in [7, 11) is 0. The van der Waals surface area contributed by atoms with Gasteiger partial charge in [0.1, 0.15) is 0 Å². The molecule has 3 rings (SSSR count). The zero-order valence-corrected chi connectivity index (χ0v) is 16.4. The summed E-state index contributed by atoms with van der Waals surface area (Å²) in [6.07, 6.45) is 7.26. The van der Waals surface area contributed by atoms with Crippen LogP contribution in [0.15, 0.2) is 24.3 Å². The van der Waals surface area contributed by atoms with Crippen LogP contribution in [0.4, 0.5) is 0 Å². The maximum atomic E-state index is 12.7. The summed E-state index contributed by atoms with van der Waals surface area (Å²) in [5.41, 5.74) is 1.96. The largest absolute Gasteiger partial charge is 0.342 e. The average Bonchev–Trinajstić information content (AvgIpc) is 2.87. The van der Waals surface area contributed by atoms with Gasteiger partial charge in [-0.15, -0.1) is 0 Å². The van der Waals surface area contributed by atoms with E-state index in [2.05, 4.69) is 20.8 Å². The molecule has 146 valence electrons. The van der Waals surface area contributed by atoms with Crippen molar-refractivity contribution in [3.8, 4) is 6.07 Å². The molecule has 2 heterocycles. The normalized spacial score (nSPS) is 20.3. The topological polar surface area (TPSA) is 50.6 Å². The second kappa shape index (κ2) is 10.4. The van der Waals surface area contributed by atoms with Gasteiger partial charge in [-0.05, 0) is 50.0 Å². The summed E-state index contributed by atoms with van der Waals surface area (Å²) in [4.78, 5) is 19.6. The van der Waals surface area contributed by atoms with E-state index in [0.717, 1.165) is 65.1 Å². The quantitative estimate of drug-likeness (QED) is 0.820. The van der Waals surface area contributed by atoms with Crippen LogP contribution in [0.3, 0.4) is 0 Å². The summed E-state index contributed by atoms with van der Waals surface area (Å²) < 4.78 is 0. The fourth-order valence-corrected chi connectivity index (χ4v) is 4.07. The van der Waals surface area contributed by atoms with E-state index in [1.54, 1.807) is 0 Å². The molecule has 0 atom stereocenters. The van der Waals surface area contributed by atoms with Crippen LogP contribution in [0.25, 0.3) is 0 Å². The number of rotatable bonds is 4. The molecule has 5 heteroatoms. The van der Waals surface area contributed by atoms with E-state index in [1.807, 2.05) is 24.3 Å². The highest BCUT2D eigenvalue weighted by Gasteiger charge is 2.20. The van der Waals surface area contributed by atoms with E-state index in [9.17, 15) is 4.79 Å². The highest BCUT2D eigenvalue weighted by Crippen LogP contribution is 2.13. The Bertz CT molecular complexity index is 629. The van der Waals surface area contributed by atoms with E-state index < -0.39 is 0 Å². The number of hydrogen-bond acceptors (Lipinski definition) is 4. The van der Waals surface area contributed by atoms with Gasteiger partial charge in [0.05, 0.1) is 18.2 Å². The van der Waals surface area contributed by atoms with Gasteiger partial charge in [0.25, 0.3) is 0 Å². The Hall–Kier alpha value is -1.90. The Morgan fingerprint density at radius 2 is 1.44 bits per heavy atom. The third kappa shape index (κ3) is 6.34. The van der Waals surface area contributed by atoms with Crippen LogP contribution in [-0.2, 0) is 11.3 Å². The molecule has 0 bridgehead atoms. The minimum atomic E-state index is 0.317. The van der Waals surface area contributed by atoms with Crippen LogP contribution >= 0.6 is 0 Å². The van der Waals surface area contributed by atoms with Crippen molar-refractivity contribution in [2.24, 2.45) is 0 Å². The molecule has 2 saturated heterocycles. The zero-order valence-electron chi connectivity index (χ0n) is 16.4. The van der Waals surface area contributed by atoms with E-state index in [-0.39, 0.29) is 0 Å². The first-order valence-electron chi connectivity index (χ1n) is 10.5. The Morgan fingerprint density at radius 1 is 0.815 bits per heavy atom. The van der Waals surface area contributed by atoms with Gasteiger partial charge in [-0.1, -0.05) is 31.4 Å². The number of nitrogens with zero attached hydrogens (tertiary/aromatic N) is 4. The molecule has 0 aromatic heterocycles. The molecule has 0 spiro atoms. The van der Waals surface area contributed by atoms with E-state index in [1.165, 1.54) is 24.8 Å². The van der Waals surface area contributed by atoms with Crippen LogP contribution in [0.2, 0.25) is 0 Å². The van der Waals surface area contributed by atoms with Crippen LogP contribution in [0.5, 0.6) is 0 Å². The predicted octanol–water partition coefficient (Wildman–Crippen LogP) is 2.86. The summed E-state index contributed by atoms with van der Waals surface area (Å²) >= 11 is 0. The van der Waals surface area contributed by atoms with Gasteiger partial charge in [0.2, 0.25) is 5.91 Å². The van der Waals surface area contributed by atoms with Crippen molar-refractivity contribution < 1.29 is 4.79 Å². The summed E-state index contributed by atoms with van der Waals surface area (Å²) in [6, 6.07) is 10.0. The molecule has 1 aromatic rings. The molecule has 5 nitrogen and oxygen atoms in total. The molecule has 0 radical (unpaired) electrons. The number of carbonyl (C=O) groups is 1. The molecular formula is C22H32N4O. The molecule has 0 saturated carbocycles. The maximum absolute atomic E-state index is 12.7. The third-order valence-corrected chi connectivity index (χ3v) is 5.74.